The average Bonchev–Trinajstić information content (AvgIpc) is 2.39. The first-order chi connectivity index (χ1) is 9.78. The van der Waals surface area contributed by atoms with Gasteiger partial charge in [0.05, 0.1) is 0 Å². The van der Waals surface area contributed by atoms with Crippen molar-refractivity contribution in [2.24, 2.45) is 0 Å². The van der Waals surface area contributed by atoms with Crippen LogP contribution in [0.5, 0.6) is 0 Å². The Morgan fingerprint density at radius 2 is 1.71 bits per heavy atom. The second-order valence-electron chi connectivity index (χ2n) is 6.01. The average molecular weight is 293 g/mol. The number of amides is 1. The summed E-state index contributed by atoms with van der Waals surface area (Å²) in [6.45, 7) is 11.0. The van der Waals surface area contributed by atoms with E-state index in [1.807, 2.05) is 20.8 Å². The number of carbonyl (C=O) groups is 1. The predicted molar refractivity (Wildman–Crippen MR) is 82.6 cm³/mol. The van der Waals surface area contributed by atoms with Crippen LogP contribution < -0.4 is 0 Å². The van der Waals surface area contributed by atoms with Crippen molar-refractivity contribution in [1.82, 2.24) is 4.90 Å². The molecular weight excluding hydrogens is 269 g/mol. The maximum absolute atomic E-state index is 11.9. The van der Waals surface area contributed by atoms with Crippen molar-refractivity contribution in [3.05, 3.63) is 48.3 Å². The topological polar surface area (TPSA) is 29.5 Å². The van der Waals surface area contributed by atoms with E-state index >= 15 is 0 Å². The second-order valence-corrected chi connectivity index (χ2v) is 6.01. The molecule has 1 aliphatic rings. The van der Waals surface area contributed by atoms with Gasteiger partial charge in [0.1, 0.15) is 11.4 Å². The number of likely N-dealkylation sites (tertiary alicyclic amines) is 1. The molecule has 1 saturated heterocycles. The SMILES string of the molecule is C=C1CCN(C(=O)OC(C)(C)C)CC1.Fc1ccccc1. The Labute approximate surface area is 126 Å². The van der Waals surface area contributed by atoms with Crippen LogP contribution in [-0.4, -0.2) is 29.7 Å². The highest BCUT2D eigenvalue weighted by Gasteiger charge is 2.23. The second kappa shape index (κ2) is 7.81. The van der Waals surface area contributed by atoms with E-state index in [9.17, 15) is 9.18 Å². The lowest BCUT2D eigenvalue weighted by Gasteiger charge is -2.30. The largest absolute Gasteiger partial charge is 0.444 e. The van der Waals surface area contributed by atoms with E-state index in [2.05, 4.69) is 6.58 Å². The lowest BCUT2D eigenvalue weighted by molar-refractivity contribution is 0.0236. The number of rotatable bonds is 0. The summed E-state index contributed by atoms with van der Waals surface area (Å²) in [6, 6.07) is 7.94. The Hall–Kier alpha value is -1.84. The van der Waals surface area contributed by atoms with Gasteiger partial charge in [0.25, 0.3) is 0 Å². The molecule has 0 radical (unpaired) electrons. The van der Waals surface area contributed by atoms with Crippen molar-refractivity contribution >= 4 is 6.09 Å². The molecule has 0 saturated carbocycles. The maximum atomic E-state index is 11.9. The van der Waals surface area contributed by atoms with Gasteiger partial charge in [-0.1, -0.05) is 30.4 Å². The smallest absolute Gasteiger partial charge is 0.410 e. The Bertz CT molecular complexity index is 455. The summed E-state index contributed by atoms with van der Waals surface area (Å²) >= 11 is 0. The summed E-state index contributed by atoms with van der Waals surface area (Å²) in [5.74, 6) is -0.178. The van der Waals surface area contributed by atoms with Gasteiger partial charge in [-0.3, -0.25) is 0 Å². The van der Waals surface area contributed by atoms with E-state index in [4.69, 9.17) is 4.74 Å². The summed E-state index contributed by atoms with van der Waals surface area (Å²) in [7, 11) is 0. The normalized spacial score (nSPS) is 15.0. The first-order valence-corrected chi connectivity index (χ1v) is 7.13. The highest BCUT2D eigenvalue weighted by Crippen LogP contribution is 2.17. The number of nitrogens with zero attached hydrogens (tertiary/aromatic N) is 1. The highest BCUT2D eigenvalue weighted by atomic mass is 19.1. The molecule has 1 aliphatic heterocycles. The van der Waals surface area contributed by atoms with Crippen LogP contribution in [-0.2, 0) is 4.74 Å². The lowest BCUT2D eigenvalue weighted by Crippen LogP contribution is -2.40. The number of ether oxygens (including phenoxy) is 1. The van der Waals surface area contributed by atoms with Crippen LogP contribution in [0, 0.1) is 5.82 Å². The minimum absolute atomic E-state index is 0.178. The van der Waals surface area contributed by atoms with Crippen molar-refractivity contribution in [3.8, 4) is 0 Å². The van der Waals surface area contributed by atoms with Gasteiger partial charge in [0, 0.05) is 13.1 Å². The molecule has 21 heavy (non-hydrogen) atoms. The van der Waals surface area contributed by atoms with Crippen molar-refractivity contribution < 1.29 is 13.9 Å². The molecule has 0 aromatic heterocycles. The molecule has 2 rings (SSSR count). The van der Waals surface area contributed by atoms with Crippen LogP contribution in [0.15, 0.2) is 42.5 Å². The third kappa shape index (κ3) is 7.49. The van der Waals surface area contributed by atoms with E-state index in [-0.39, 0.29) is 11.9 Å². The maximum Gasteiger partial charge on any atom is 0.410 e. The van der Waals surface area contributed by atoms with Crippen LogP contribution >= 0.6 is 0 Å². The molecule has 1 fully saturated rings. The molecule has 0 aliphatic carbocycles. The molecule has 3 nitrogen and oxygen atoms in total. The predicted octanol–water partition coefficient (Wildman–Crippen LogP) is 4.40. The summed E-state index contributed by atoms with van der Waals surface area (Å²) in [4.78, 5) is 13.3. The molecule has 0 N–H and O–H groups in total. The third-order valence-electron chi connectivity index (χ3n) is 2.86. The van der Waals surface area contributed by atoms with Crippen LogP contribution in [0.25, 0.3) is 0 Å². The Morgan fingerprint density at radius 3 is 2.10 bits per heavy atom. The first kappa shape index (κ1) is 17.2. The van der Waals surface area contributed by atoms with Crippen LogP contribution in [0.3, 0.4) is 0 Å². The quantitative estimate of drug-likeness (QED) is 0.664. The third-order valence-corrected chi connectivity index (χ3v) is 2.86. The number of piperidine rings is 1. The van der Waals surface area contributed by atoms with Gasteiger partial charge >= 0.3 is 6.09 Å². The first-order valence-electron chi connectivity index (χ1n) is 7.13. The lowest BCUT2D eigenvalue weighted by atomic mass is 10.1. The van der Waals surface area contributed by atoms with Crippen molar-refractivity contribution in [3.63, 3.8) is 0 Å². The number of hydrogen-bond donors (Lipinski definition) is 0. The van der Waals surface area contributed by atoms with Crippen LogP contribution in [0.2, 0.25) is 0 Å². The molecular formula is C17H24FNO2. The molecule has 0 spiro atoms. The Kier molecular flexibility index (Phi) is 6.40. The van der Waals surface area contributed by atoms with Gasteiger partial charge in [-0.2, -0.15) is 0 Å². The fraction of sp³-hybridized carbons (Fsp3) is 0.471. The molecule has 0 unspecified atom stereocenters. The van der Waals surface area contributed by atoms with Crippen molar-refractivity contribution in [2.45, 2.75) is 39.2 Å². The van der Waals surface area contributed by atoms with Gasteiger partial charge in [0.15, 0.2) is 0 Å². The van der Waals surface area contributed by atoms with Gasteiger partial charge in [-0.25, -0.2) is 9.18 Å². The van der Waals surface area contributed by atoms with E-state index in [1.54, 1.807) is 23.1 Å². The molecule has 1 aromatic rings. The van der Waals surface area contributed by atoms with E-state index in [0.29, 0.717) is 0 Å². The minimum atomic E-state index is -0.397. The fourth-order valence-corrected chi connectivity index (χ4v) is 1.75. The number of halogens is 1. The Balaban J connectivity index is 0.000000262. The molecule has 0 bridgehead atoms. The van der Waals surface area contributed by atoms with Crippen molar-refractivity contribution in [1.29, 1.82) is 0 Å². The minimum Gasteiger partial charge on any atom is -0.444 e. The molecule has 1 amide bonds. The zero-order valence-corrected chi connectivity index (χ0v) is 13.1. The summed E-state index contributed by atoms with van der Waals surface area (Å²) in [5, 5.41) is 0. The van der Waals surface area contributed by atoms with Gasteiger partial charge in [-0.05, 0) is 45.7 Å². The van der Waals surface area contributed by atoms with Gasteiger partial charge in [0.2, 0.25) is 0 Å². The number of carbonyl (C=O) groups excluding carboxylic acids is 1. The number of benzene rings is 1. The summed E-state index contributed by atoms with van der Waals surface area (Å²) in [6.07, 6.45) is 1.60. The monoisotopic (exact) mass is 293 g/mol. The van der Waals surface area contributed by atoms with E-state index in [0.717, 1.165) is 25.9 Å². The van der Waals surface area contributed by atoms with Gasteiger partial charge in [-0.15, -0.1) is 0 Å². The standard InChI is InChI=1S/C11H19NO2.C6H5F/c1-9-5-7-12(8-6-9)10(13)14-11(2,3)4;7-6-4-2-1-3-5-6/h1,5-8H2,2-4H3;1-5H. The molecule has 1 aromatic carbocycles. The molecule has 4 heteroatoms. The highest BCUT2D eigenvalue weighted by molar-refractivity contribution is 5.68. The van der Waals surface area contributed by atoms with Crippen LogP contribution in [0.4, 0.5) is 9.18 Å². The number of hydrogen-bond acceptors (Lipinski definition) is 2. The summed E-state index contributed by atoms with van der Waals surface area (Å²) in [5.41, 5.74) is 0.829. The molecule has 116 valence electrons. The van der Waals surface area contributed by atoms with E-state index in [1.165, 1.54) is 17.7 Å². The van der Waals surface area contributed by atoms with Crippen molar-refractivity contribution in [2.75, 3.05) is 13.1 Å². The van der Waals surface area contributed by atoms with E-state index < -0.39 is 5.60 Å². The zero-order chi connectivity index (χ0) is 15.9. The molecule has 1 heterocycles. The fourth-order valence-electron chi connectivity index (χ4n) is 1.75. The zero-order valence-electron chi connectivity index (χ0n) is 13.1. The van der Waals surface area contributed by atoms with Gasteiger partial charge < -0.3 is 9.64 Å². The summed E-state index contributed by atoms with van der Waals surface area (Å²) < 4.78 is 17.2. The van der Waals surface area contributed by atoms with Crippen LogP contribution in [0.1, 0.15) is 33.6 Å². The Morgan fingerprint density at radius 1 is 1.19 bits per heavy atom. The molecule has 0 atom stereocenters.